The van der Waals surface area contributed by atoms with Crippen LogP contribution >= 0.6 is 23.2 Å². The van der Waals surface area contributed by atoms with Gasteiger partial charge in [-0.3, -0.25) is 19.5 Å². The maximum absolute atomic E-state index is 12.4. The molecular weight excluding hydrogens is 399 g/mol. The quantitative estimate of drug-likeness (QED) is 0.635. The molecule has 0 fully saturated rings. The second kappa shape index (κ2) is 9.01. The predicted molar refractivity (Wildman–Crippen MR) is 113 cm³/mol. The molecule has 6 nitrogen and oxygen atoms in total. The van der Waals surface area contributed by atoms with Crippen molar-refractivity contribution < 1.29 is 9.59 Å². The molecule has 3 aromatic rings. The Morgan fingerprint density at radius 2 is 1.71 bits per heavy atom. The number of carbonyl (C=O) groups is 2. The summed E-state index contributed by atoms with van der Waals surface area (Å²) in [6.07, 6.45) is 1.70. The van der Waals surface area contributed by atoms with Crippen LogP contribution in [0.2, 0.25) is 10.0 Å². The molecule has 0 aliphatic rings. The number of pyridine rings is 1. The summed E-state index contributed by atoms with van der Waals surface area (Å²) >= 11 is 11.8. The van der Waals surface area contributed by atoms with Crippen molar-refractivity contribution >= 4 is 57.3 Å². The molecule has 0 radical (unpaired) electrons. The third-order valence-electron chi connectivity index (χ3n) is 3.95. The Hall–Kier alpha value is -2.67. The van der Waals surface area contributed by atoms with Gasteiger partial charge in [0.15, 0.2) is 0 Å². The van der Waals surface area contributed by atoms with Crippen LogP contribution in [0.15, 0.2) is 54.7 Å². The van der Waals surface area contributed by atoms with Crippen LogP contribution in [-0.2, 0) is 9.59 Å². The largest absolute Gasteiger partial charge is 0.325 e. The van der Waals surface area contributed by atoms with Gasteiger partial charge in [-0.15, -0.1) is 0 Å². The van der Waals surface area contributed by atoms with Crippen molar-refractivity contribution in [2.45, 2.75) is 0 Å². The molecule has 0 bridgehead atoms. The average molecular weight is 417 g/mol. The molecule has 0 aliphatic heterocycles. The van der Waals surface area contributed by atoms with Crippen LogP contribution in [0, 0.1) is 0 Å². The number of aromatic nitrogens is 1. The zero-order chi connectivity index (χ0) is 20.1. The number of nitrogens with zero attached hydrogens (tertiary/aromatic N) is 2. The number of benzene rings is 2. The first-order valence-electron chi connectivity index (χ1n) is 8.49. The fraction of sp³-hybridized carbons (Fsp3) is 0.150. The summed E-state index contributed by atoms with van der Waals surface area (Å²) in [4.78, 5) is 30.4. The normalized spacial score (nSPS) is 10.9. The number of likely N-dealkylation sites (N-methyl/N-ethyl adjacent to an activating group) is 1. The Kier molecular flexibility index (Phi) is 6.46. The van der Waals surface area contributed by atoms with Gasteiger partial charge in [-0.1, -0.05) is 29.3 Å². The molecule has 3 rings (SSSR count). The van der Waals surface area contributed by atoms with Crippen molar-refractivity contribution in [1.29, 1.82) is 0 Å². The van der Waals surface area contributed by atoms with Gasteiger partial charge < -0.3 is 10.6 Å². The molecular formula is C20H18Cl2N4O2. The lowest BCUT2D eigenvalue weighted by Gasteiger charge is -2.16. The molecule has 0 spiro atoms. The first kappa shape index (κ1) is 20.1. The molecule has 2 aromatic carbocycles. The van der Waals surface area contributed by atoms with E-state index in [-0.39, 0.29) is 24.9 Å². The summed E-state index contributed by atoms with van der Waals surface area (Å²) in [5.74, 6) is -0.482. The fourth-order valence-electron chi connectivity index (χ4n) is 2.72. The van der Waals surface area contributed by atoms with Gasteiger partial charge in [0.2, 0.25) is 11.8 Å². The molecule has 0 unspecified atom stereocenters. The van der Waals surface area contributed by atoms with Gasteiger partial charge in [-0.2, -0.15) is 0 Å². The van der Waals surface area contributed by atoms with Crippen molar-refractivity contribution in [3.05, 3.63) is 64.8 Å². The maximum Gasteiger partial charge on any atom is 0.238 e. The first-order chi connectivity index (χ1) is 13.4. The summed E-state index contributed by atoms with van der Waals surface area (Å²) in [5.41, 5.74) is 2.03. The molecule has 28 heavy (non-hydrogen) atoms. The van der Waals surface area contributed by atoms with Crippen molar-refractivity contribution in [3.63, 3.8) is 0 Å². The van der Waals surface area contributed by atoms with Crippen LogP contribution in [0.4, 0.5) is 11.4 Å². The van der Waals surface area contributed by atoms with Crippen molar-refractivity contribution in [1.82, 2.24) is 9.88 Å². The Morgan fingerprint density at radius 1 is 0.964 bits per heavy atom. The lowest BCUT2D eigenvalue weighted by molar-refractivity contribution is -0.119. The summed E-state index contributed by atoms with van der Waals surface area (Å²) in [7, 11) is 1.69. The lowest BCUT2D eigenvalue weighted by atomic mass is 10.2. The molecule has 8 heteroatoms. The van der Waals surface area contributed by atoms with Gasteiger partial charge in [0.05, 0.1) is 34.3 Å². The zero-order valence-electron chi connectivity index (χ0n) is 15.1. The minimum absolute atomic E-state index is 0.0464. The van der Waals surface area contributed by atoms with E-state index in [0.29, 0.717) is 21.4 Å². The molecule has 1 heterocycles. The van der Waals surface area contributed by atoms with E-state index >= 15 is 0 Å². The van der Waals surface area contributed by atoms with Gasteiger partial charge >= 0.3 is 0 Å². The number of nitrogens with one attached hydrogen (secondary N) is 2. The number of hydrogen-bond donors (Lipinski definition) is 2. The number of amides is 2. The molecule has 144 valence electrons. The third kappa shape index (κ3) is 5.19. The number of hydrogen-bond acceptors (Lipinski definition) is 4. The number of rotatable bonds is 6. The number of halogens is 2. The van der Waals surface area contributed by atoms with E-state index in [0.717, 1.165) is 10.9 Å². The topological polar surface area (TPSA) is 74.3 Å². The summed E-state index contributed by atoms with van der Waals surface area (Å²) in [5, 5.41) is 7.22. The number of fused-ring (bicyclic) bond motifs is 1. The first-order valence-corrected chi connectivity index (χ1v) is 9.25. The number of carbonyl (C=O) groups excluding carboxylic acids is 2. The Morgan fingerprint density at radius 3 is 2.46 bits per heavy atom. The van der Waals surface area contributed by atoms with E-state index in [1.54, 1.807) is 36.3 Å². The molecule has 1 aromatic heterocycles. The van der Waals surface area contributed by atoms with Gasteiger partial charge in [0.25, 0.3) is 0 Å². The van der Waals surface area contributed by atoms with Gasteiger partial charge in [0, 0.05) is 17.3 Å². The van der Waals surface area contributed by atoms with Gasteiger partial charge in [0.1, 0.15) is 0 Å². The van der Waals surface area contributed by atoms with Crippen LogP contribution in [0.5, 0.6) is 0 Å². The highest BCUT2D eigenvalue weighted by Crippen LogP contribution is 2.25. The minimum atomic E-state index is -0.261. The van der Waals surface area contributed by atoms with Crippen molar-refractivity contribution in [2.75, 3.05) is 30.8 Å². The minimum Gasteiger partial charge on any atom is -0.325 e. The van der Waals surface area contributed by atoms with Crippen LogP contribution in [-0.4, -0.2) is 41.8 Å². The Bertz CT molecular complexity index is 1020. The fourth-order valence-corrected chi connectivity index (χ4v) is 3.02. The van der Waals surface area contributed by atoms with E-state index in [4.69, 9.17) is 23.2 Å². The Labute approximate surface area is 172 Å². The smallest absolute Gasteiger partial charge is 0.238 e. The summed E-state index contributed by atoms with van der Waals surface area (Å²) < 4.78 is 0. The lowest BCUT2D eigenvalue weighted by Crippen LogP contribution is -2.36. The highest BCUT2D eigenvalue weighted by Gasteiger charge is 2.13. The van der Waals surface area contributed by atoms with E-state index in [1.807, 2.05) is 30.3 Å². The van der Waals surface area contributed by atoms with E-state index in [9.17, 15) is 9.59 Å². The number of anilines is 2. The van der Waals surface area contributed by atoms with Crippen LogP contribution in [0.1, 0.15) is 0 Å². The molecule has 2 amide bonds. The monoisotopic (exact) mass is 416 g/mol. The predicted octanol–water partition coefficient (Wildman–Crippen LogP) is 4.05. The molecule has 0 aliphatic carbocycles. The molecule has 0 saturated carbocycles. The average Bonchev–Trinajstić information content (AvgIpc) is 2.64. The highest BCUT2D eigenvalue weighted by molar-refractivity contribution is 6.42. The second-order valence-electron chi connectivity index (χ2n) is 6.27. The molecule has 2 N–H and O–H groups in total. The van der Waals surface area contributed by atoms with E-state index in [2.05, 4.69) is 15.6 Å². The van der Waals surface area contributed by atoms with Crippen LogP contribution in [0.3, 0.4) is 0 Å². The van der Waals surface area contributed by atoms with Gasteiger partial charge in [-0.05, 0) is 49.5 Å². The summed E-state index contributed by atoms with van der Waals surface area (Å²) in [6, 6.07) is 14.1. The molecule has 0 atom stereocenters. The molecule has 0 saturated heterocycles. The van der Waals surface area contributed by atoms with E-state index < -0.39 is 0 Å². The van der Waals surface area contributed by atoms with E-state index in [1.165, 1.54) is 0 Å². The summed E-state index contributed by atoms with van der Waals surface area (Å²) in [6.45, 7) is 0.107. The van der Waals surface area contributed by atoms with Crippen LogP contribution in [0.25, 0.3) is 10.9 Å². The SMILES string of the molecule is CN(CC(=O)Nc1ccc(Cl)c(Cl)c1)CC(=O)Nc1cccc2ncccc12. The second-order valence-corrected chi connectivity index (χ2v) is 7.09. The van der Waals surface area contributed by atoms with Gasteiger partial charge in [-0.25, -0.2) is 0 Å². The zero-order valence-corrected chi connectivity index (χ0v) is 16.6. The van der Waals surface area contributed by atoms with Crippen molar-refractivity contribution in [2.24, 2.45) is 0 Å². The van der Waals surface area contributed by atoms with Crippen molar-refractivity contribution in [3.8, 4) is 0 Å². The standard InChI is InChI=1S/C20H18Cl2N4O2/c1-26(11-19(27)24-13-7-8-15(21)16(22)10-13)12-20(28)25-18-6-2-5-17-14(18)4-3-9-23-17/h2-10H,11-12H2,1H3,(H,24,27)(H,25,28). The third-order valence-corrected chi connectivity index (χ3v) is 4.69. The Balaban J connectivity index is 1.55. The van der Waals surface area contributed by atoms with Crippen LogP contribution < -0.4 is 10.6 Å². The highest BCUT2D eigenvalue weighted by atomic mass is 35.5. The maximum atomic E-state index is 12.4.